The molecule has 5 nitrogen and oxygen atoms in total. The zero-order valence-corrected chi connectivity index (χ0v) is 19.0. The first kappa shape index (κ1) is 19.7. The number of carbonyl (C=O) groups excluding carboxylic acids is 1. The number of likely N-dealkylation sites (tertiary alicyclic amines) is 2. The van der Waals surface area contributed by atoms with Gasteiger partial charge in [-0.2, -0.15) is 0 Å². The van der Waals surface area contributed by atoms with Crippen molar-refractivity contribution in [2.45, 2.75) is 64.0 Å². The molecule has 6 heteroatoms. The van der Waals surface area contributed by atoms with E-state index in [0.717, 1.165) is 75.4 Å². The van der Waals surface area contributed by atoms with Crippen molar-refractivity contribution in [3.05, 3.63) is 55.1 Å². The lowest BCUT2D eigenvalue weighted by atomic mass is 9.82. The maximum absolute atomic E-state index is 13.4. The van der Waals surface area contributed by atoms with Crippen molar-refractivity contribution in [2.75, 3.05) is 26.2 Å². The molecule has 1 amide bonds. The van der Waals surface area contributed by atoms with Crippen LogP contribution in [0.1, 0.15) is 70.1 Å². The van der Waals surface area contributed by atoms with Crippen molar-refractivity contribution < 1.29 is 4.79 Å². The minimum atomic E-state index is 0.200. The van der Waals surface area contributed by atoms with Crippen molar-refractivity contribution >= 4 is 17.2 Å². The minimum absolute atomic E-state index is 0.200. The standard InChI is InChI=1S/C25H31N3O2S/c29-24-18(14-26-9-3-4-10-26)7-8-22-19-11-17(13-28(22)24)12-27(15-19)25(30)21-16-31-23-6-2-1-5-20(21)23/h7-8,16-17,19H,1-6,9-15H2/t17-,19+/m0/s1. The second-order valence-corrected chi connectivity index (χ2v) is 10.9. The predicted octanol–water partition coefficient (Wildman–Crippen LogP) is 3.64. The lowest BCUT2D eigenvalue weighted by molar-refractivity contribution is 0.0593. The second kappa shape index (κ2) is 7.89. The van der Waals surface area contributed by atoms with Crippen LogP contribution in [0.5, 0.6) is 0 Å². The normalized spacial score (nSPS) is 25.4. The van der Waals surface area contributed by atoms with Crippen LogP contribution >= 0.6 is 11.3 Å². The van der Waals surface area contributed by atoms with E-state index in [0.29, 0.717) is 5.92 Å². The first-order valence-electron chi connectivity index (χ1n) is 12.0. The lowest BCUT2D eigenvalue weighted by Gasteiger charge is -2.43. The van der Waals surface area contributed by atoms with Gasteiger partial charge in [-0.3, -0.25) is 14.5 Å². The van der Waals surface area contributed by atoms with Gasteiger partial charge in [-0.15, -0.1) is 11.3 Å². The van der Waals surface area contributed by atoms with Gasteiger partial charge in [0.25, 0.3) is 11.5 Å². The third-order valence-electron chi connectivity index (χ3n) is 7.85. The van der Waals surface area contributed by atoms with Gasteiger partial charge >= 0.3 is 0 Å². The third kappa shape index (κ3) is 3.48. The number of aryl methyl sites for hydroxylation is 1. The van der Waals surface area contributed by atoms with Gasteiger partial charge in [0.1, 0.15) is 0 Å². The van der Waals surface area contributed by atoms with E-state index in [9.17, 15) is 9.59 Å². The zero-order chi connectivity index (χ0) is 20.9. The summed E-state index contributed by atoms with van der Waals surface area (Å²) in [5.41, 5.74) is 4.55. The largest absolute Gasteiger partial charge is 0.338 e. The molecule has 2 atom stereocenters. The Bertz CT molecular complexity index is 1070. The Labute approximate surface area is 187 Å². The SMILES string of the molecule is O=C(c1csc2c1CCCC2)N1C[C@@H]2C[C@H](C1)c1ccc(CN3CCCC3)c(=O)n1C2. The summed E-state index contributed by atoms with van der Waals surface area (Å²) in [6.45, 7) is 5.27. The van der Waals surface area contributed by atoms with E-state index < -0.39 is 0 Å². The Morgan fingerprint density at radius 3 is 2.74 bits per heavy atom. The fourth-order valence-corrected chi connectivity index (χ4v) is 7.42. The van der Waals surface area contributed by atoms with Gasteiger partial charge in [-0.25, -0.2) is 0 Å². The van der Waals surface area contributed by atoms with Gasteiger partial charge < -0.3 is 9.47 Å². The Morgan fingerprint density at radius 2 is 1.87 bits per heavy atom. The average molecular weight is 438 g/mol. The van der Waals surface area contributed by atoms with Crippen LogP contribution in [-0.4, -0.2) is 46.5 Å². The fraction of sp³-hybridized carbons (Fsp3) is 0.600. The summed E-state index contributed by atoms with van der Waals surface area (Å²) in [4.78, 5) is 32.6. The highest BCUT2D eigenvalue weighted by atomic mass is 32.1. The van der Waals surface area contributed by atoms with Crippen molar-refractivity contribution in [3.8, 4) is 0 Å². The molecule has 164 valence electrons. The molecular formula is C25H31N3O2S. The monoisotopic (exact) mass is 437 g/mol. The van der Waals surface area contributed by atoms with Gasteiger partial charge in [-0.1, -0.05) is 6.07 Å². The molecule has 31 heavy (non-hydrogen) atoms. The Balaban J connectivity index is 1.24. The Hall–Kier alpha value is -1.92. The molecule has 1 aliphatic carbocycles. The fourth-order valence-electron chi connectivity index (χ4n) is 6.30. The molecule has 0 radical (unpaired) electrons. The minimum Gasteiger partial charge on any atom is -0.338 e. The molecule has 2 fully saturated rings. The van der Waals surface area contributed by atoms with Crippen LogP contribution in [0.2, 0.25) is 0 Å². The molecule has 2 saturated heterocycles. The van der Waals surface area contributed by atoms with E-state index in [1.807, 2.05) is 4.57 Å². The Kier molecular flexibility index (Phi) is 5.03. The van der Waals surface area contributed by atoms with Crippen LogP contribution < -0.4 is 5.56 Å². The highest BCUT2D eigenvalue weighted by molar-refractivity contribution is 7.10. The Morgan fingerprint density at radius 1 is 1.03 bits per heavy atom. The molecule has 0 aromatic carbocycles. The van der Waals surface area contributed by atoms with Gasteiger partial charge in [0.2, 0.25) is 0 Å². The number of thiophene rings is 1. The number of aromatic nitrogens is 1. The maximum Gasteiger partial charge on any atom is 0.255 e. The highest BCUT2D eigenvalue weighted by Crippen LogP contribution is 2.37. The highest BCUT2D eigenvalue weighted by Gasteiger charge is 2.37. The number of carbonyl (C=O) groups is 1. The predicted molar refractivity (Wildman–Crippen MR) is 123 cm³/mol. The van der Waals surface area contributed by atoms with E-state index in [4.69, 9.17) is 0 Å². The van der Waals surface area contributed by atoms with E-state index in [1.54, 1.807) is 11.3 Å². The molecule has 0 N–H and O–H groups in total. The summed E-state index contributed by atoms with van der Waals surface area (Å²) >= 11 is 1.77. The quantitative estimate of drug-likeness (QED) is 0.736. The van der Waals surface area contributed by atoms with Gasteiger partial charge in [0.05, 0.1) is 5.56 Å². The first-order chi connectivity index (χ1) is 15.2. The molecule has 6 rings (SSSR count). The van der Waals surface area contributed by atoms with Gasteiger partial charge in [0.15, 0.2) is 0 Å². The lowest BCUT2D eigenvalue weighted by Crippen LogP contribution is -2.49. The molecule has 3 aliphatic heterocycles. The number of pyridine rings is 1. The first-order valence-corrected chi connectivity index (χ1v) is 12.9. The third-order valence-corrected chi connectivity index (χ3v) is 8.94. The summed E-state index contributed by atoms with van der Waals surface area (Å²) in [6, 6.07) is 4.23. The molecule has 0 saturated carbocycles. The topological polar surface area (TPSA) is 45.6 Å². The summed E-state index contributed by atoms with van der Waals surface area (Å²) in [7, 11) is 0. The number of hydrogen-bond acceptors (Lipinski definition) is 4. The molecular weight excluding hydrogens is 406 g/mol. The van der Waals surface area contributed by atoms with Crippen molar-refractivity contribution in [3.63, 3.8) is 0 Å². The number of nitrogens with zero attached hydrogens (tertiary/aromatic N) is 3. The number of piperidine rings is 1. The number of rotatable bonds is 3. The van der Waals surface area contributed by atoms with Crippen LogP contribution in [-0.2, 0) is 25.9 Å². The van der Waals surface area contributed by atoms with Crippen molar-refractivity contribution in [1.29, 1.82) is 0 Å². The summed E-state index contributed by atoms with van der Waals surface area (Å²) in [6.07, 6.45) is 8.22. The van der Waals surface area contributed by atoms with Crippen LogP contribution in [0.3, 0.4) is 0 Å². The number of fused-ring (bicyclic) bond motifs is 5. The molecule has 4 aliphatic rings. The smallest absolute Gasteiger partial charge is 0.255 e. The van der Waals surface area contributed by atoms with Gasteiger partial charge in [-0.05, 0) is 75.6 Å². The van der Waals surface area contributed by atoms with Crippen molar-refractivity contribution in [1.82, 2.24) is 14.4 Å². The van der Waals surface area contributed by atoms with Crippen molar-refractivity contribution in [2.24, 2.45) is 5.92 Å². The van der Waals surface area contributed by atoms with E-state index in [-0.39, 0.29) is 17.4 Å². The molecule has 2 aromatic rings. The summed E-state index contributed by atoms with van der Waals surface area (Å²) in [5.74, 6) is 0.874. The molecule has 0 spiro atoms. The number of hydrogen-bond donors (Lipinski definition) is 0. The van der Waals surface area contributed by atoms with Crippen LogP contribution in [0.25, 0.3) is 0 Å². The summed E-state index contributed by atoms with van der Waals surface area (Å²) < 4.78 is 2.04. The average Bonchev–Trinajstić information content (AvgIpc) is 3.45. The molecule has 2 aromatic heterocycles. The number of amides is 1. The second-order valence-electron chi connectivity index (χ2n) is 9.95. The maximum atomic E-state index is 13.4. The van der Waals surface area contributed by atoms with Crippen LogP contribution in [0.15, 0.2) is 22.3 Å². The van der Waals surface area contributed by atoms with E-state index in [1.165, 1.54) is 36.1 Å². The van der Waals surface area contributed by atoms with E-state index in [2.05, 4.69) is 27.3 Å². The molecule has 0 unspecified atom stereocenters. The van der Waals surface area contributed by atoms with E-state index >= 15 is 0 Å². The molecule has 2 bridgehead atoms. The summed E-state index contributed by atoms with van der Waals surface area (Å²) in [5, 5.41) is 2.10. The zero-order valence-electron chi connectivity index (χ0n) is 18.1. The van der Waals surface area contributed by atoms with Gasteiger partial charge in [0, 0.05) is 53.6 Å². The van der Waals surface area contributed by atoms with Crippen LogP contribution in [0.4, 0.5) is 0 Å². The van der Waals surface area contributed by atoms with Crippen LogP contribution in [0, 0.1) is 5.92 Å². The molecule has 5 heterocycles.